The molecule has 0 spiro atoms. The summed E-state index contributed by atoms with van der Waals surface area (Å²) in [6.45, 7) is 5.50. The molecule has 0 aliphatic carbocycles. The number of fused-ring (bicyclic) bond motifs is 1. The summed E-state index contributed by atoms with van der Waals surface area (Å²) in [5, 5.41) is 6.06. The molecule has 0 aliphatic heterocycles. The molecule has 1 atom stereocenters. The highest BCUT2D eigenvalue weighted by Gasteiger charge is 2.25. The van der Waals surface area contributed by atoms with E-state index in [2.05, 4.69) is 15.6 Å². The number of carbonyl (C=O) groups excluding carboxylic acids is 2. The SMILES string of the molecule is CCC(C(=O)Nc1cccc(C)c1)n1cnc2sc(C(=O)Nc3ccccc3OC)c(C)c2c1=O. The van der Waals surface area contributed by atoms with Crippen molar-refractivity contribution >= 4 is 44.7 Å². The maximum absolute atomic E-state index is 13.5. The minimum absolute atomic E-state index is 0.302. The molecule has 180 valence electrons. The van der Waals surface area contributed by atoms with Gasteiger partial charge >= 0.3 is 0 Å². The second-order valence-electron chi connectivity index (χ2n) is 8.13. The summed E-state index contributed by atoms with van der Waals surface area (Å²) >= 11 is 1.14. The van der Waals surface area contributed by atoms with Crippen molar-refractivity contribution in [3.05, 3.63) is 81.2 Å². The van der Waals surface area contributed by atoms with Crippen LogP contribution in [0.1, 0.15) is 40.2 Å². The highest BCUT2D eigenvalue weighted by molar-refractivity contribution is 7.20. The van der Waals surface area contributed by atoms with Gasteiger partial charge in [0, 0.05) is 5.69 Å². The van der Waals surface area contributed by atoms with Crippen molar-refractivity contribution in [2.45, 2.75) is 33.2 Å². The molecule has 0 fully saturated rings. The molecule has 2 heterocycles. The monoisotopic (exact) mass is 490 g/mol. The van der Waals surface area contributed by atoms with E-state index in [0.29, 0.717) is 44.2 Å². The lowest BCUT2D eigenvalue weighted by Crippen LogP contribution is -2.33. The van der Waals surface area contributed by atoms with Gasteiger partial charge in [0.1, 0.15) is 16.6 Å². The number of rotatable bonds is 7. The van der Waals surface area contributed by atoms with Crippen molar-refractivity contribution in [1.82, 2.24) is 9.55 Å². The van der Waals surface area contributed by atoms with Gasteiger partial charge in [-0.15, -0.1) is 11.3 Å². The lowest BCUT2D eigenvalue weighted by molar-refractivity contribution is -0.119. The van der Waals surface area contributed by atoms with Gasteiger partial charge in [-0.25, -0.2) is 4.98 Å². The number of carbonyl (C=O) groups is 2. The Morgan fingerprint density at radius 2 is 1.89 bits per heavy atom. The topological polar surface area (TPSA) is 102 Å². The Bertz CT molecular complexity index is 1470. The standard InChI is InChI=1S/C26H26N4O4S/c1-5-19(23(31)28-17-10-8-9-15(2)13-17)30-14-27-25-21(26(30)33)16(3)22(35-25)24(32)29-18-11-6-7-12-20(18)34-4/h6-14,19H,5H2,1-4H3,(H,28,31)(H,29,32). The molecule has 2 amide bonds. The summed E-state index contributed by atoms with van der Waals surface area (Å²) < 4.78 is 6.64. The summed E-state index contributed by atoms with van der Waals surface area (Å²) in [7, 11) is 1.53. The van der Waals surface area contributed by atoms with Crippen LogP contribution < -0.4 is 20.9 Å². The molecule has 35 heavy (non-hydrogen) atoms. The van der Waals surface area contributed by atoms with Crippen LogP contribution in [0, 0.1) is 13.8 Å². The molecule has 0 saturated carbocycles. The average molecular weight is 491 g/mol. The van der Waals surface area contributed by atoms with Crippen LogP contribution in [0.5, 0.6) is 5.75 Å². The number of aryl methyl sites for hydroxylation is 2. The van der Waals surface area contributed by atoms with Crippen LogP contribution in [0.3, 0.4) is 0 Å². The van der Waals surface area contributed by atoms with Gasteiger partial charge in [0.25, 0.3) is 11.5 Å². The number of nitrogens with zero attached hydrogens (tertiary/aromatic N) is 2. The minimum atomic E-state index is -0.745. The number of hydrogen-bond acceptors (Lipinski definition) is 6. The molecule has 1 unspecified atom stereocenters. The summed E-state index contributed by atoms with van der Waals surface area (Å²) in [5.74, 6) is -0.126. The van der Waals surface area contributed by atoms with Crippen LogP contribution in [0.25, 0.3) is 10.2 Å². The van der Waals surface area contributed by atoms with E-state index in [1.165, 1.54) is 18.0 Å². The second-order valence-corrected chi connectivity index (χ2v) is 9.13. The normalized spacial score (nSPS) is 11.8. The van der Waals surface area contributed by atoms with Gasteiger partial charge in [0.05, 0.1) is 29.4 Å². The van der Waals surface area contributed by atoms with Crippen molar-refractivity contribution in [2.75, 3.05) is 17.7 Å². The van der Waals surface area contributed by atoms with Crippen molar-refractivity contribution in [3.63, 3.8) is 0 Å². The van der Waals surface area contributed by atoms with Gasteiger partial charge in [-0.1, -0.05) is 31.2 Å². The van der Waals surface area contributed by atoms with Gasteiger partial charge in [0.15, 0.2) is 0 Å². The number of benzene rings is 2. The van der Waals surface area contributed by atoms with Gasteiger partial charge in [-0.2, -0.15) is 0 Å². The fourth-order valence-electron chi connectivity index (χ4n) is 3.96. The van der Waals surface area contributed by atoms with E-state index in [-0.39, 0.29) is 17.4 Å². The first-order chi connectivity index (χ1) is 16.8. The molecule has 0 bridgehead atoms. The Morgan fingerprint density at radius 1 is 1.11 bits per heavy atom. The van der Waals surface area contributed by atoms with Crippen LogP contribution in [0.15, 0.2) is 59.7 Å². The molecule has 2 aromatic heterocycles. The number of methoxy groups -OCH3 is 1. The molecule has 2 N–H and O–H groups in total. The Balaban J connectivity index is 1.67. The molecular weight excluding hydrogens is 464 g/mol. The maximum atomic E-state index is 13.5. The van der Waals surface area contributed by atoms with E-state index >= 15 is 0 Å². The number of aromatic nitrogens is 2. The smallest absolute Gasteiger partial charge is 0.266 e. The molecule has 8 nitrogen and oxygen atoms in total. The molecule has 0 radical (unpaired) electrons. The number of thiophene rings is 1. The summed E-state index contributed by atoms with van der Waals surface area (Å²) in [4.78, 5) is 44.8. The third kappa shape index (κ3) is 4.81. The summed E-state index contributed by atoms with van der Waals surface area (Å²) in [6, 6.07) is 13.8. The first kappa shape index (κ1) is 24.2. The van der Waals surface area contributed by atoms with Gasteiger partial charge in [-0.05, 0) is 55.7 Å². The Hall–Kier alpha value is -3.98. The first-order valence-corrected chi connectivity index (χ1v) is 12.0. The van der Waals surface area contributed by atoms with E-state index < -0.39 is 6.04 Å². The zero-order valence-electron chi connectivity index (χ0n) is 19.9. The molecule has 4 aromatic rings. The minimum Gasteiger partial charge on any atom is -0.495 e. The van der Waals surface area contributed by atoms with E-state index in [1.54, 1.807) is 31.2 Å². The zero-order valence-corrected chi connectivity index (χ0v) is 20.7. The molecule has 2 aromatic carbocycles. The molecule has 4 rings (SSSR count). The fraction of sp³-hybridized carbons (Fsp3) is 0.231. The van der Waals surface area contributed by atoms with E-state index in [0.717, 1.165) is 16.9 Å². The first-order valence-electron chi connectivity index (χ1n) is 11.2. The van der Waals surface area contributed by atoms with Crippen LogP contribution in [-0.4, -0.2) is 28.5 Å². The van der Waals surface area contributed by atoms with Crippen LogP contribution in [0.4, 0.5) is 11.4 Å². The Labute approximate surface area is 206 Å². The second kappa shape index (κ2) is 10.1. The predicted molar refractivity (Wildman–Crippen MR) is 139 cm³/mol. The van der Waals surface area contributed by atoms with Crippen molar-refractivity contribution in [1.29, 1.82) is 0 Å². The third-order valence-electron chi connectivity index (χ3n) is 5.75. The molecule has 9 heteroatoms. The van der Waals surface area contributed by atoms with Crippen LogP contribution in [0.2, 0.25) is 0 Å². The van der Waals surface area contributed by atoms with Gasteiger partial charge in [0.2, 0.25) is 5.91 Å². The van der Waals surface area contributed by atoms with E-state index in [1.807, 2.05) is 38.1 Å². The van der Waals surface area contributed by atoms with Gasteiger partial charge < -0.3 is 15.4 Å². The quantitative estimate of drug-likeness (QED) is 0.383. The number of para-hydroxylation sites is 2. The largest absolute Gasteiger partial charge is 0.495 e. The number of nitrogens with one attached hydrogen (secondary N) is 2. The Morgan fingerprint density at radius 3 is 2.60 bits per heavy atom. The molecular formula is C26H26N4O4S. The Kier molecular flexibility index (Phi) is 6.97. The lowest BCUT2D eigenvalue weighted by Gasteiger charge is -2.18. The number of hydrogen-bond donors (Lipinski definition) is 2. The predicted octanol–water partition coefficient (Wildman–Crippen LogP) is 4.93. The van der Waals surface area contributed by atoms with Crippen molar-refractivity contribution in [3.8, 4) is 5.75 Å². The average Bonchev–Trinajstić information content (AvgIpc) is 3.18. The number of anilines is 2. The number of amides is 2. The summed E-state index contributed by atoms with van der Waals surface area (Å²) in [6.07, 6.45) is 1.78. The van der Waals surface area contributed by atoms with Crippen LogP contribution in [-0.2, 0) is 4.79 Å². The highest BCUT2D eigenvalue weighted by Crippen LogP contribution is 2.30. The van der Waals surface area contributed by atoms with E-state index in [4.69, 9.17) is 4.74 Å². The van der Waals surface area contributed by atoms with Crippen LogP contribution >= 0.6 is 11.3 Å². The van der Waals surface area contributed by atoms with Crippen molar-refractivity contribution < 1.29 is 14.3 Å². The highest BCUT2D eigenvalue weighted by atomic mass is 32.1. The van der Waals surface area contributed by atoms with Gasteiger partial charge in [-0.3, -0.25) is 19.0 Å². The van der Waals surface area contributed by atoms with E-state index in [9.17, 15) is 14.4 Å². The number of ether oxygens (including phenoxy) is 1. The maximum Gasteiger partial charge on any atom is 0.266 e. The fourth-order valence-corrected chi connectivity index (χ4v) is 4.99. The molecule has 0 aliphatic rings. The third-order valence-corrected chi connectivity index (χ3v) is 6.95. The summed E-state index contributed by atoms with van der Waals surface area (Å²) in [5.41, 5.74) is 2.38. The van der Waals surface area contributed by atoms with Crippen molar-refractivity contribution in [2.24, 2.45) is 0 Å². The zero-order chi connectivity index (χ0) is 25.1. The molecule has 0 saturated heterocycles. The lowest BCUT2D eigenvalue weighted by atomic mass is 10.1.